The summed E-state index contributed by atoms with van der Waals surface area (Å²) in [4.78, 5) is 1.62. The molecule has 0 radical (unpaired) electrons. The lowest BCUT2D eigenvalue weighted by molar-refractivity contribution is 0.747. The van der Waals surface area contributed by atoms with E-state index in [4.69, 9.17) is 0 Å². The van der Waals surface area contributed by atoms with Gasteiger partial charge in [0.2, 0.25) is 5.13 Å². The van der Waals surface area contributed by atoms with E-state index in [1.54, 1.807) is 4.80 Å². The van der Waals surface area contributed by atoms with E-state index < -0.39 is 0 Å². The van der Waals surface area contributed by atoms with Gasteiger partial charge in [0.1, 0.15) is 5.69 Å². The number of aryl methyl sites for hydroxylation is 1. The number of nitrogens with one attached hydrogen (secondary N) is 1. The molecule has 96 valence electrons. The van der Waals surface area contributed by atoms with Gasteiger partial charge in [-0.3, -0.25) is 0 Å². The van der Waals surface area contributed by atoms with E-state index in [2.05, 4.69) is 25.7 Å². The van der Waals surface area contributed by atoms with Gasteiger partial charge in [-0.1, -0.05) is 29.5 Å². The second-order valence-corrected chi connectivity index (χ2v) is 4.90. The van der Waals surface area contributed by atoms with Gasteiger partial charge in [0.05, 0.1) is 11.4 Å². The molecule has 0 amide bonds. The number of para-hydroxylation sites is 1. The van der Waals surface area contributed by atoms with E-state index >= 15 is 0 Å². The molecule has 3 aromatic rings. The number of rotatable bonds is 3. The summed E-state index contributed by atoms with van der Waals surface area (Å²) in [6.07, 6.45) is 0. The lowest BCUT2D eigenvalue weighted by Crippen LogP contribution is -1.98. The third kappa shape index (κ3) is 2.19. The molecule has 0 unspecified atom stereocenters. The minimum Gasteiger partial charge on any atom is -0.363 e. The van der Waals surface area contributed by atoms with Gasteiger partial charge in [0.25, 0.3) is 0 Å². The standard InChI is InChI=1S/C12H12N6S/c1-8-10(11-14-15-12(13-2)19-11)17-18(16-8)9-6-4-3-5-7-9/h3-7H,1-2H3,(H,13,15). The Morgan fingerprint density at radius 2 is 1.89 bits per heavy atom. The van der Waals surface area contributed by atoms with Crippen molar-refractivity contribution in [1.82, 2.24) is 25.2 Å². The average Bonchev–Trinajstić information content (AvgIpc) is 3.06. The van der Waals surface area contributed by atoms with Gasteiger partial charge in [-0.2, -0.15) is 9.90 Å². The average molecular weight is 272 g/mol. The second kappa shape index (κ2) is 4.77. The van der Waals surface area contributed by atoms with Crippen LogP contribution in [0.1, 0.15) is 5.69 Å². The maximum absolute atomic E-state index is 4.48. The van der Waals surface area contributed by atoms with Crippen molar-refractivity contribution in [2.75, 3.05) is 12.4 Å². The van der Waals surface area contributed by atoms with Crippen molar-refractivity contribution in [3.63, 3.8) is 0 Å². The highest BCUT2D eigenvalue weighted by atomic mass is 32.1. The highest BCUT2D eigenvalue weighted by Crippen LogP contribution is 2.26. The van der Waals surface area contributed by atoms with Crippen LogP contribution in [0.5, 0.6) is 0 Å². The van der Waals surface area contributed by atoms with Crippen molar-refractivity contribution in [1.29, 1.82) is 0 Å². The molecule has 0 aliphatic carbocycles. The summed E-state index contributed by atoms with van der Waals surface area (Å²) in [5.74, 6) is 0. The third-order valence-corrected chi connectivity index (χ3v) is 3.56. The van der Waals surface area contributed by atoms with Gasteiger partial charge in [-0.25, -0.2) is 0 Å². The van der Waals surface area contributed by atoms with Crippen LogP contribution in [-0.4, -0.2) is 32.2 Å². The van der Waals surface area contributed by atoms with Crippen LogP contribution >= 0.6 is 11.3 Å². The Hall–Kier alpha value is -2.28. The van der Waals surface area contributed by atoms with E-state index in [-0.39, 0.29) is 0 Å². The first-order chi connectivity index (χ1) is 9.28. The molecule has 0 bridgehead atoms. The molecule has 19 heavy (non-hydrogen) atoms. The Kier molecular flexibility index (Phi) is 2.96. The van der Waals surface area contributed by atoms with Crippen LogP contribution in [0.15, 0.2) is 30.3 Å². The lowest BCUT2D eigenvalue weighted by atomic mass is 10.3. The van der Waals surface area contributed by atoms with Crippen LogP contribution in [0.2, 0.25) is 0 Å². The maximum Gasteiger partial charge on any atom is 0.205 e. The lowest BCUT2D eigenvalue weighted by Gasteiger charge is -1.96. The smallest absolute Gasteiger partial charge is 0.205 e. The number of hydrogen-bond donors (Lipinski definition) is 1. The number of nitrogens with zero attached hydrogens (tertiary/aromatic N) is 5. The Balaban J connectivity index is 2.02. The highest BCUT2D eigenvalue weighted by Gasteiger charge is 2.14. The zero-order valence-electron chi connectivity index (χ0n) is 10.5. The number of hydrogen-bond acceptors (Lipinski definition) is 6. The van der Waals surface area contributed by atoms with Crippen LogP contribution in [-0.2, 0) is 0 Å². The molecule has 0 spiro atoms. The molecule has 1 N–H and O–H groups in total. The molecule has 7 heteroatoms. The molecule has 0 saturated heterocycles. The fourth-order valence-electron chi connectivity index (χ4n) is 1.67. The summed E-state index contributed by atoms with van der Waals surface area (Å²) in [6.45, 7) is 1.92. The molecule has 0 aliphatic rings. The van der Waals surface area contributed by atoms with Crippen molar-refractivity contribution >= 4 is 16.5 Å². The quantitative estimate of drug-likeness (QED) is 0.791. The minimum atomic E-state index is 0.767. The summed E-state index contributed by atoms with van der Waals surface area (Å²) in [5.41, 5.74) is 2.53. The Labute approximate surface area is 114 Å². The number of benzene rings is 1. The van der Waals surface area contributed by atoms with Gasteiger partial charge < -0.3 is 5.32 Å². The molecular formula is C12H12N6S. The molecule has 0 fully saturated rings. The first-order valence-corrected chi connectivity index (χ1v) is 6.60. The Bertz CT molecular complexity index is 687. The third-order valence-electron chi connectivity index (χ3n) is 2.61. The minimum absolute atomic E-state index is 0.767. The molecule has 3 rings (SSSR count). The van der Waals surface area contributed by atoms with Gasteiger partial charge in [0.15, 0.2) is 5.01 Å². The first kappa shape index (κ1) is 11.8. The summed E-state index contributed by atoms with van der Waals surface area (Å²) < 4.78 is 0. The molecule has 6 nitrogen and oxygen atoms in total. The maximum atomic E-state index is 4.48. The molecule has 2 aromatic heterocycles. The van der Waals surface area contributed by atoms with E-state index in [1.165, 1.54) is 11.3 Å². The first-order valence-electron chi connectivity index (χ1n) is 5.79. The monoisotopic (exact) mass is 272 g/mol. The predicted octanol–water partition coefficient (Wildman–Crippen LogP) is 2.14. The van der Waals surface area contributed by atoms with Crippen molar-refractivity contribution in [2.45, 2.75) is 6.92 Å². The van der Waals surface area contributed by atoms with Crippen molar-refractivity contribution < 1.29 is 0 Å². The summed E-state index contributed by atoms with van der Waals surface area (Å²) in [6, 6.07) is 9.80. The largest absolute Gasteiger partial charge is 0.363 e. The summed E-state index contributed by atoms with van der Waals surface area (Å²) >= 11 is 1.46. The van der Waals surface area contributed by atoms with Gasteiger partial charge in [-0.05, 0) is 19.1 Å². The van der Waals surface area contributed by atoms with Gasteiger partial charge >= 0.3 is 0 Å². The highest BCUT2D eigenvalue weighted by molar-refractivity contribution is 7.18. The zero-order chi connectivity index (χ0) is 13.2. The molecule has 1 aromatic carbocycles. The SMILES string of the molecule is CNc1nnc(-c2nn(-c3ccccc3)nc2C)s1. The van der Waals surface area contributed by atoms with Crippen molar-refractivity contribution in [3.05, 3.63) is 36.0 Å². The van der Waals surface area contributed by atoms with E-state index in [0.717, 1.165) is 27.2 Å². The van der Waals surface area contributed by atoms with E-state index in [1.807, 2.05) is 44.3 Å². The Morgan fingerprint density at radius 3 is 2.58 bits per heavy atom. The van der Waals surface area contributed by atoms with E-state index in [0.29, 0.717) is 0 Å². The van der Waals surface area contributed by atoms with Crippen LogP contribution in [0, 0.1) is 6.92 Å². The van der Waals surface area contributed by atoms with Gasteiger partial charge in [0, 0.05) is 7.05 Å². The fraction of sp³-hybridized carbons (Fsp3) is 0.167. The summed E-state index contributed by atoms with van der Waals surface area (Å²) in [7, 11) is 1.82. The fourth-order valence-corrected chi connectivity index (χ4v) is 2.41. The summed E-state index contributed by atoms with van der Waals surface area (Å²) in [5, 5.41) is 21.5. The van der Waals surface area contributed by atoms with Crippen LogP contribution < -0.4 is 5.32 Å². The van der Waals surface area contributed by atoms with Gasteiger partial charge in [-0.15, -0.1) is 15.3 Å². The molecule has 0 atom stereocenters. The molecule has 0 saturated carbocycles. The Morgan fingerprint density at radius 1 is 1.11 bits per heavy atom. The van der Waals surface area contributed by atoms with Crippen LogP contribution in [0.3, 0.4) is 0 Å². The second-order valence-electron chi connectivity index (χ2n) is 3.92. The predicted molar refractivity (Wildman–Crippen MR) is 74.5 cm³/mol. The van der Waals surface area contributed by atoms with E-state index in [9.17, 15) is 0 Å². The van der Waals surface area contributed by atoms with Crippen LogP contribution in [0.4, 0.5) is 5.13 Å². The topological polar surface area (TPSA) is 68.5 Å². The van der Waals surface area contributed by atoms with Crippen molar-refractivity contribution in [2.24, 2.45) is 0 Å². The molecular weight excluding hydrogens is 260 g/mol. The van der Waals surface area contributed by atoms with Crippen molar-refractivity contribution in [3.8, 4) is 16.4 Å². The molecule has 0 aliphatic heterocycles. The number of anilines is 1. The normalized spacial score (nSPS) is 10.6. The van der Waals surface area contributed by atoms with Crippen LogP contribution in [0.25, 0.3) is 16.4 Å². The molecule has 2 heterocycles. The number of aromatic nitrogens is 5. The zero-order valence-corrected chi connectivity index (χ0v) is 11.3.